The van der Waals surface area contributed by atoms with Crippen LogP contribution < -0.4 is 16.0 Å². The summed E-state index contributed by atoms with van der Waals surface area (Å²) in [5, 5.41) is 9.12. The topological polar surface area (TPSA) is 74.8 Å². The number of ether oxygens (including phenoxy) is 1. The molecule has 6 heteroatoms. The minimum absolute atomic E-state index is 0.0819. The zero-order valence-electron chi connectivity index (χ0n) is 12.8. The maximum Gasteiger partial charge on any atom is 0.242 e. The van der Waals surface area contributed by atoms with Crippen molar-refractivity contribution in [2.75, 3.05) is 33.4 Å². The van der Waals surface area contributed by atoms with Crippen molar-refractivity contribution in [2.45, 2.75) is 39.7 Å². The monoisotopic (exact) mass is 272 g/mol. The van der Waals surface area contributed by atoms with Gasteiger partial charge in [-0.05, 0) is 34.1 Å². The number of hydrogen-bond acceptors (Lipinski definition) is 3. The predicted octanol–water partition coefficient (Wildman–Crippen LogP) is 0.493. The molecule has 0 saturated heterocycles. The fourth-order valence-corrected chi connectivity index (χ4v) is 1.37. The third kappa shape index (κ3) is 11.5. The van der Waals surface area contributed by atoms with E-state index in [9.17, 15) is 4.79 Å². The maximum atomic E-state index is 11.6. The Balaban J connectivity index is 4.14. The van der Waals surface area contributed by atoms with Gasteiger partial charge in [-0.3, -0.25) is 4.79 Å². The summed E-state index contributed by atoms with van der Waals surface area (Å²) in [5.41, 5.74) is -0.225. The fraction of sp³-hybridized carbons (Fsp3) is 0.846. The molecular weight excluding hydrogens is 244 g/mol. The molecule has 0 aromatic carbocycles. The van der Waals surface area contributed by atoms with E-state index in [0.29, 0.717) is 12.6 Å². The molecule has 0 aliphatic carbocycles. The number of amides is 1. The zero-order valence-corrected chi connectivity index (χ0v) is 12.8. The molecule has 0 bridgehead atoms. The Bertz CT molecular complexity index is 285. The number of carbonyl (C=O) groups excluding carboxylic acids is 1. The van der Waals surface area contributed by atoms with Gasteiger partial charge in [0.25, 0.3) is 0 Å². The van der Waals surface area contributed by atoms with Crippen LogP contribution >= 0.6 is 0 Å². The fourth-order valence-electron chi connectivity index (χ4n) is 1.37. The highest BCUT2D eigenvalue weighted by Gasteiger charge is 2.13. The summed E-state index contributed by atoms with van der Waals surface area (Å²) in [6.45, 7) is 10.2. The second-order valence-corrected chi connectivity index (χ2v) is 5.27. The number of aliphatic imine (C=N–C) groups is 1. The van der Waals surface area contributed by atoms with E-state index in [1.165, 1.54) is 0 Å². The van der Waals surface area contributed by atoms with Gasteiger partial charge in [-0.25, -0.2) is 4.99 Å². The van der Waals surface area contributed by atoms with Crippen LogP contribution in [0, 0.1) is 0 Å². The smallest absolute Gasteiger partial charge is 0.242 e. The Morgan fingerprint density at radius 1 is 1.26 bits per heavy atom. The number of rotatable bonds is 7. The largest absolute Gasteiger partial charge is 0.385 e. The van der Waals surface area contributed by atoms with Crippen molar-refractivity contribution in [1.82, 2.24) is 16.0 Å². The zero-order chi connectivity index (χ0) is 14.7. The number of nitrogens with one attached hydrogen (secondary N) is 3. The molecule has 112 valence electrons. The third-order valence-electron chi connectivity index (χ3n) is 2.06. The second-order valence-electron chi connectivity index (χ2n) is 5.27. The first-order valence-corrected chi connectivity index (χ1v) is 6.71. The molecule has 0 radical (unpaired) electrons. The molecule has 6 nitrogen and oxygen atoms in total. The van der Waals surface area contributed by atoms with Gasteiger partial charge in [0.05, 0.1) is 0 Å². The van der Waals surface area contributed by atoms with Crippen molar-refractivity contribution < 1.29 is 9.53 Å². The minimum atomic E-state index is -0.225. The van der Waals surface area contributed by atoms with Crippen LogP contribution in [-0.2, 0) is 9.53 Å². The Morgan fingerprint density at radius 2 is 1.95 bits per heavy atom. The van der Waals surface area contributed by atoms with E-state index in [1.54, 1.807) is 7.11 Å². The van der Waals surface area contributed by atoms with Crippen LogP contribution in [0.5, 0.6) is 0 Å². The van der Waals surface area contributed by atoms with E-state index < -0.39 is 0 Å². The summed E-state index contributed by atoms with van der Waals surface area (Å²) in [7, 11) is 1.68. The highest BCUT2D eigenvalue weighted by Crippen LogP contribution is 1.97. The van der Waals surface area contributed by atoms with Gasteiger partial charge in [0.15, 0.2) is 5.96 Å². The van der Waals surface area contributed by atoms with E-state index in [0.717, 1.165) is 19.5 Å². The average Bonchev–Trinajstić information content (AvgIpc) is 2.29. The molecule has 0 atom stereocenters. The van der Waals surface area contributed by atoms with Gasteiger partial charge >= 0.3 is 0 Å². The number of carbonyl (C=O) groups is 1. The molecule has 0 aromatic heterocycles. The van der Waals surface area contributed by atoms with E-state index >= 15 is 0 Å². The second kappa shape index (κ2) is 9.61. The Morgan fingerprint density at radius 3 is 2.47 bits per heavy atom. The molecule has 0 saturated carbocycles. The van der Waals surface area contributed by atoms with Crippen molar-refractivity contribution in [2.24, 2.45) is 4.99 Å². The van der Waals surface area contributed by atoms with E-state index in [2.05, 4.69) is 20.9 Å². The number of nitrogens with zero attached hydrogens (tertiary/aromatic N) is 1. The Hall–Kier alpha value is -1.30. The van der Waals surface area contributed by atoms with Crippen LogP contribution in [-0.4, -0.2) is 50.8 Å². The SMILES string of the molecule is CCNC(=NCC(=O)NC(C)(C)C)NCCCOC. The number of methoxy groups -OCH3 is 1. The van der Waals surface area contributed by atoms with Gasteiger partial charge in [0, 0.05) is 32.3 Å². The van der Waals surface area contributed by atoms with Gasteiger partial charge in [0.2, 0.25) is 5.91 Å². The third-order valence-corrected chi connectivity index (χ3v) is 2.06. The lowest BCUT2D eigenvalue weighted by molar-refractivity contribution is -0.121. The van der Waals surface area contributed by atoms with Gasteiger partial charge < -0.3 is 20.7 Å². The van der Waals surface area contributed by atoms with Crippen molar-refractivity contribution in [3.8, 4) is 0 Å². The molecule has 0 heterocycles. The van der Waals surface area contributed by atoms with E-state index in [-0.39, 0.29) is 18.0 Å². The summed E-state index contributed by atoms with van der Waals surface area (Å²) < 4.78 is 4.97. The van der Waals surface area contributed by atoms with Gasteiger partial charge in [-0.15, -0.1) is 0 Å². The molecule has 0 aromatic rings. The maximum absolute atomic E-state index is 11.6. The standard InChI is InChI=1S/C13H28N4O2/c1-6-14-12(15-8-7-9-19-5)16-10-11(18)17-13(2,3)4/h6-10H2,1-5H3,(H,17,18)(H2,14,15,16). The predicted molar refractivity (Wildman–Crippen MR) is 78.4 cm³/mol. The van der Waals surface area contributed by atoms with Crippen molar-refractivity contribution in [3.63, 3.8) is 0 Å². The van der Waals surface area contributed by atoms with Gasteiger partial charge in [-0.1, -0.05) is 0 Å². The van der Waals surface area contributed by atoms with Crippen molar-refractivity contribution >= 4 is 11.9 Å². The first kappa shape index (κ1) is 17.7. The van der Waals surface area contributed by atoms with Gasteiger partial charge in [-0.2, -0.15) is 0 Å². The highest BCUT2D eigenvalue weighted by molar-refractivity contribution is 5.85. The van der Waals surface area contributed by atoms with Crippen LogP contribution in [0.3, 0.4) is 0 Å². The van der Waals surface area contributed by atoms with Crippen LogP contribution in [0.1, 0.15) is 34.1 Å². The molecule has 0 spiro atoms. The van der Waals surface area contributed by atoms with Crippen molar-refractivity contribution in [3.05, 3.63) is 0 Å². The minimum Gasteiger partial charge on any atom is -0.385 e. The quantitative estimate of drug-likeness (QED) is 0.358. The van der Waals surface area contributed by atoms with E-state index in [1.807, 2.05) is 27.7 Å². The summed E-state index contributed by atoms with van der Waals surface area (Å²) in [6, 6.07) is 0. The van der Waals surface area contributed by atoms with Crippen molar-refractivity contribution in [1.29, 1.82) is 0 Å². The summed E-state index contributed by atoms with van der Waals surface area (Å²) in [5.74, 6) is 0.573. The molecule has 0 fully saturated rings. The normalized spacial score (nSPS) is 12.2. The van der Waals surface area contributed by atoms with Crippen LogP contribution in [0.2, 0.25) is 0 Å². The molecule has 0 unspecified atom stereocenters. The average molecular weight is 272 g/mol. The summed E-state index contributed by atoms with van der Waals surface area (Å²) >= 11 is 0. The lowest BCUT2D eigenvalue weighted by Crippen LogP contribution is -2.43. The molecule has 1 amide bonds. The Labute approximate surface area is 116 Å². The Kier molecular flexibility index (Phi) is 8.95. The summed E-state index contributed by atoms with van der Waals surface area (Å²) in [4.78, 5) is 15.9. The highest BCUT2D eigenvalue weighted by atomic mass is 16.5. The molecule has 0 aliphatic heterocycles. The lowest BCUT2D eigenvalue weighted by atomic mass is 10.1. The lowest BCUT2D eigenvalue weighted by Gasteiger charge is -2.20. The molecule has 19 heavy (non-hydrogen) atoms. The number of hydrogen-bond donors (Lipinski definition) is 3. The molecular formula is C13H28N4O2. The van der Waals surface area contributed by atoms with Crippen LogP contribution in [0.15, 0.2) is 4.99 Å². The van der Waals surface area contributed by atoms with Crippen LogP contribution in [0.25, 0.3) is 0 Å². The number of guanidine groups is 1. The first-order chi connectivity index (χ1) is 8.89. The first-order valence-electron chi connectivity index (χ1n) is 6.71. The van der Waals surface area contributed by atoms with Gasteiger partial charge in [0.1, 0.15) is 6.54 Å². The van der Waals surface area contributed by atoms with E-state index in [4.69, 9.17) is 4.74 Å². The summed E-state index contributed by atoms with van der Waals surface area (Å²) in [6.07, 6.45) is 0.898. The molecule has 0 aliphatic rings. The van der Waals surface area contributed by atoms with Crippen LogP contribution in [0.4, 0.5) is 0 Å². The molecule has 3 N–H and O–H groups in total. The molecule has 0 rings (SSSR count).